The third-order valence-electron chi connectivity index (χ3n) is 8.02. The summed E-state index contributed by atoms with van der Waals surface area (Å²) in [6, 6.07) is 13.6. The van der Waals surface area contributed by atoms with E-state index in [4.69, 9.17) is 0 Å². The van der Waals surface area contributed by atoms with Gasteiger partial charge in [-0.2, -0.15) is 0 Å². The van der Waals surface area contributed by atoms with Crippen LogP contribution in [0.4, 0.5) is 11.4 Å². The van der Waals surface area contributed by atoms with Gasteiger partial charge >= 0.3 is 0 Å². The van der Waals surface area contributed by atoms with Crippen molar-refractivity contribution in [3.8, 4) is 0 Å². The molecule has 1 aromatic heterocycles. The molecule has 1 saturated carbocycles. The summed E-state index contributed by atoms with van der Waals surface area (Å²) in [5, 5.41) is 3.66. The Balaban J connectivity index is 1.11. The standard InChI is InChI=1S/C29H35N5O/c35-29-21-22(14-15-30-29)27-13-12-26(28-7-4-16-34(27)28)31-23-8-10-25(11-9-23)33-19-17-32(18-20-33)24-5-2-1-3-6-24/h4,8-16,21,24,28,31H,1-3,5-7,17-20H2,(H,30,35). The maximum atomic E-state index is 11.8. The molecular formula is C29H35N5O. The van der Waals surface area contributed by atoms with Gasteiger partial charge in [-0.3, -0.25) is 9.69 Å². The summed E-state index contributed by atoms with van der Waals surface area (Å²) in [5.74, 6) is 0. The van der Waals surface area contributed by atoms with Gasteiger partial charge in [0.15, 0.2) is 0 Å². The number of hydrogen-bond donors (Lipinski definition) is 2. The molecule has 4 aliphatic rings. The molecule has 2 N–H and O–H groups in total. The molecular weight excluding hydrogens is 434 g/mol. The topological polar surface area (TPSA) is 54.6 Å². The summed E-state index contributed by atoms with van der Waals surface area (Å²) in [6.07, 6.45) is 18.3. The van der Waals surface area contributed by atoms with Crippen LogP contribution in [0.15, 0.2) is 77.5 Å². The van der Waals surface area contributed by atoms with Crippen molar-refractivity contribution in [3.05, 3.63) is 88.6 Å². The number of aromatic nitrogens is 1. The van der Waals surface area contributed by atoms with Gasteiger partial charge in [0.05, 0.1) is 6.04 Å². The highest BCUT2D eigenvalue weighted by Gasteiger charge is 2.29. The summed E-state index contributed by atoms with van der Waals surface area (Å²) < 4.78 is 0. The molecule has 6 heteroatoms. The molecule has 2 aromatic rings. The molecule has 1 aliphatic carbocycles. The van der Waals surface area contributed by atoms with Crippen LogP contribution in [-0.2, 0) is 0 Å². The second-order valence-corrected chi connectivity index (χ2v) is 10.1. The number of nitrogens with one attached hydrogen (secondary N) is 2. The predicted molar refractivity (Wildman–Crippen MR) is 143 cm³/mol. The van der Waals surface area contributed by atoms with E-state index in [1.807, 2.05) is 6.07 Å². The third-order valence-corrected chi connectivity index (χ3v) is 8.02. The van der Waals surface area contributed by atoms with E-state index >= 15 is 0 Å². The van der Waals surface area contributed by atoms with E-state index in [1.54, 1.807) is 12.3 Å². The number of aromatic amines is 1. The minimum absolute atomic E-state index is 0.0773. The molecule has 1 unspecified atom stereocenters. The average Bonchev–Trinajstić information content (AvgIpc) is 3.41. The largest absolute Gasteiger partial charge is 0.369 e. The van der Waals surface area contributed by atoms with Gasteiger partial charge in [-0.25, -0.2) is 0 Å². The summed E-state index contributed by atoms with van der Waals surface area (Å²) in [4.78, 5) is 22.0. The molecule has 2 fully saturated rings. The first kappa shape index (κ1) is 22.2. The first-order valence-corrected chi connectivity index (χ1v) is 13.2. The number of nitrogens with zero attached hydrogens (tertiary/aromatic N) is 3. The van der Waals surface area contributed by atoms with Crippen LogP contribution < -0.4 is 15.8 Å². The Morgan fingerprint density at radius 3 is 2.49 bits per heavy atom. The maximum absolute atomic E-state index is 11.8. The maximum Gasteiger partial charge on any atom is 0.248 e. The summed E-state index contributed by atoms with van der Waals surface area (Å²) in [7, 11) is 0. The Kier molecular flexibility index (Phi) is 6.21. The van der Waals surface area contributed by atoms with Crippen molar-refractivity contribution in [3.63, 3.8) is 0 Å². The number of H-pyrrole nitrogens is 1. The van der Waals surface area contributed by atoms with E-state index in [0.717, 1.165) is 42.5 Å². The quantitative estimate of drug-likeness (QED) is 0.661. The fraction of sp³-hybridized carbons (Fsp3) is 0.414. The van der Waals surface area contributed by atoms with Crippen LogP contribution in [0.2, 0.25) is 0 Å². The van der Waals surface area contributed by atoms with Crippen LogP contribution in [0.1, 0.15) is 44.1 Å². The van der Waals surface area contributed by atoms with Gasteiger partial charge in [-0.05, 0) is 61.7 Å². The lowest BCUT2D eigenvalue weighted by Crippen LogP contribution is -2.50. The molecule has 1 atom stereocenters. The normalized spacial score (nSPS) is 23.1. The predicted octanol–water partition coefficient (Wildman–Crippen LogP) is 4.77. The van der Waals surface area contributed by atoms with Crippen LogP contribution in [0.5, 0.6) is 0 Å². The number of hydrogen-bond acceptors (Lipinski definition) is 5. The summed E-state index contributed by atoms with van der Waals surface area (Å²) >= 11 is 0. The van der Waals surface area contributed by atoms with Crippen LogP contribution in [-0.4, -0.2) is 53.0 Å². The van der Waals surface area contributed by atoms with Gasteiger partial charge in [0, 0.05) is 79.0 Å². The van der Waals surface area contributed by atoms with Crippen LogP contribution in [0, 0.1) is 0 Å². The number of piperazine rings is 1. The number of pyridine rings is 1. The van der Waals surface area contributed by atoms with Gasteiger partial charge < -0.3 is 20.1 Å². The Bertz CT molecular complexity index is 1180. The smallest absolute Gasteiger partial charge is 0.248 e. The van der Waals surface area contributed by atoms with Crippen LogP contribution >= 0.6 is 0 Å². The molecule has 4 heterocycles. The first-order chi connectivity index (χ1) is 17.2. The third kappa shape index (κ3) is 4.67. The molecule has 0 amide bonds. The first-order valence-electron chi connectivity index (χ1n) is 13.2. The van der Waals surface area contributed by atoms with E-state index in [2.05, 4.69) is 73.7 Å². The minimum atomic E-state index is -0.0773. The van der Waals surface area contributed by atoms with Crippen molar-refractivity contribution >= 4 is 17.1 Å². The zero-order valence-corrected chi connectivity index (χ0v) is 20.3. The molecule has 0 bridgehead atoms. The molecule has 1 saturated heterocycles. The van der Waals surface area contributed by atoms with Crippen molar-refractivity contribution in [2.45, 2.75) is 50.6 Å². The molecule has 3 aliphatic heterocycles. The Labute approximate surface area is 207 Å². The minimum Gasteiger partial charge on any atom is -0.369 e. The lowest BCUT2D eigenvalue weighted by Gasteiger charge is -2.41. The monoisotopic (exact) mass is 469 g/mol. The van der Waals surface area contributed by atoms with E-state index in [9.17, 15) is 4.79 Å². The number of anilines is 2. The number of rotatable bonds is 5. The van der Waals surface area contributed by atoms with Crippen molar-refractivity contribution in [1.29, 1.82) is 0 Å². The summed E-state index contributed by atoms with van der Waals surface area (Å²) in [5.41, 5.74) is 5.53. The number of benzene rings is 1. The van der Waals surface area contributed by atoms with Gasteiger partial charge in [0.25, 0.3) is 0 Å². The molecule has 0 radical (unpaired) electrons. The van der Waals surface area contributed by atoms with E-state index in [1.165, 1.54) is 56.6 Å². The van der Waals surface area contributed by atoms with Crippen molar-refractivity contribution in [2.75, 3.05) is 36.4 Å². The lowest BCUT2D eigenvalue weighted by molar-refractivity contribution is 0.148. The zero-order chi connectivity index (χ0) is 23.6. The van der Waals surface area contributed by atoms with Gasteiger partial charge in [0.1, 0.15) is 0 Å². The molecule has 6 rings (SSSR count). The van der Waals surface area contributed by atoms with Gasteiger partial charge in [0.2, 0.25) is 5.56 Å². The lowest BCUT2D eigenvalue weighted by atomic mass is 9.94. The highest BCUT2D eigenvalue weighted by Crippen LogP contribution is 2.35. The Morgan fingerprint density at radius 2 is 1.71 bits per heavy atom. The molecule has 6 nitrogen and oxygen atoms in total. The van der Waals surface area contributed by atoms with E-state index in [0.29, 0.717) is 0 Å². The number of fused-ring (bicyclic) bond motifs is 1. The van der Waals surface area contributed by atoms with Gasteiger partial charge in [-0.15, -0.1) is 0 Å². The molecule has 0 spiro atoms. The average molecular weight is 470 g/mol. The van der Waals surface area contributed by atoms with E-state index in [-0.39, 0.29) is 11.6 Å². The fourth-order valence-corrected chi connectivity index (χ4v) is 6.10. The SMILES string of the molecule is O=c1cc(C2=CC=C(Nc3ccc(N4CCN(C5CCCCC5)CC4)cc3)C3CC=CN23)cc[nH]1. The zero-order valence-electron chi connectivity index (χ0n) is 20.3. The van der Waals surface area contributed by atoms with Crippen LogP contribution in [0.3, 0.4) is 0 Å². The molecule has 1 aromatic carbocycles. The Hall–Kier alpha value is -3.25. The molecule has 35 heavy (non-hydrogen) atoms. The Morgan fingerprint density at radius 1 is 0.914 bits per heavy atom. The van der Waals surface area contributed by atoms with Crippen molar-refractivity contribution in [1.82, 2.24) is 14.8 Å². The van der Waals surface area contributed by atoms with Crippen molar-refractivity contribution < 1.29 is 0 Å². The highest BCUT2D eigenvalue weighted by atomic mass is 16.1. The molecule has 182 valence electrons. The fourth-order valence-electron chi connectivity index (χ4n) is 6.10. The number of allylic oxidation sites excluding steroid dienone is 2. The highest BCUT2D eigenvalue weighted by molar-refractivity contribution is 5.70. The van der Waals surface area contributed by atoms with Crippen molar-refractivity contribution in [2.24, 2.45) is 0 Å². The van der Waals surface area contributed by atoms with E-state index < -0.39 is 0 Å². The summed E-state index contributed by atoms with van der Waals surface area (Å²) in [6.45, 7) is 4.61. The van der Waals surface area contributed by atoms with Gasteiger partial charge in [-0.1, -0.05) is 25.3 Å². The second kappa shape index (κ2) is 9.78. The second-order valence-electron chi connectivity index (χ2n) is 10.1. The van der Waals surface area contributed by atoms with Crippen LogP contribution in [0.25, 0.3) is 5.70 Å².